The molecule has 1 spiro atoms. The summed E-state index contributed by atoms with van der Waals surface area (Å²) in [6, 6.07) is 3.14. The Balaban J connectivity index is 2.20. The summed E-state index contributed by atoms with van der Waals surface area (Å²) >= 11 is 6.10. The Labute approximate surface area is 110 Å². The summed E-state index contributed by atoms with van der Waals surface area (Å²) in [5.41, 5.74) is 0.425. The molecule has 3 rings (SSSR count). The number of benzene rings is 1. The lowest BCUT2D eigenvalue weighted by Gasteiger charge is -2.41. The first-order valence-electron chi connectivity index (χ1n) is 6.14. The van der Waals surface area contributed by atoms with Crippen molar-refractivity contribution in [3.8, 4) is 5.75 Å². The summed E-state index contributed by atoms with van der Waals surface area (Å²) in [5, 5.41) is 13.1. The summed E-state index contributed by atoms with van der Waals surface area (Å²) < 4.78 is 5.51. The number of fused-ring (bicyclic) bond motifs is 2. The normalized spacial score (nSPS) is 21.1. The van der Waals surface area contributed by atoms with Gasteiger partial charge in [-0.25, -0.2) is 4.79 Å². The van der Waals surface area contributed by atoms with Crippen LogP contribution in [0.3, 0.4) is 0 Å². The van der Waals surface area contributed by atoms with Crippen molar-refractivity contribution in [2.45, 2.75) is 37.7 Å². The number of aromatic hydroxyl groups is 1. The molecule has 1 aliphatic carbocycles. The van der Waals surface area contributed by atoms with Gasteiger partial charge in [-0.15, -0.1) is 0 Å². The molecule has 0 atom stereocenters. The Morgan fingerprint density at radius 3 is 2.72 bits per heavy atom. The lowest BCUT2D eigenvalue weighted by Crippen LogP contribution is -2.41. The van der Waals surface area contributed by atoms with E-state index >= 15 is 0 Å². The molecule has 1 aromatic rings. The molecule has 2 aliphatic rings. The summed E-state index contributed by atoms with van der Waals surface area (Å²) in [5.74, 6) is 0.135. The fraction of sp³-hybridized carbons (Fsp3) is 0.462. The van der Waals surface area contributed by atoms with E-state index in [1.165, 1.54) is 0 Å². The first-order valence-corrected chi connectivity index (χ1v) is 6.52. The maximum atomic E-state index is 11.7. The Morgan fingerprint density at radius 1 is 1.28 bits per heavy atom. The van der Waals surface area contributed by atoms with Crippen LogP contribution in [0.2, 0.25) is 5.02 Å². The number of amides is 1. The van der Waals surface area contributed by atoms with Crippen LogP contribution in [0.1, 0.15) is 37.7 Å². The number of rotatable bonds is 0. The second-order valence-corrected chi connectivity index (χ2v) is 5.29. The third-order valence-corrected chi connectivity index (χ3v) is 4.08. The van der Waals surface area contributed by atoms with E-state index in [0.717, 1.165) is 32.1 Å². The quantitative estimate of drug-likeness (QED) is 0.752. The number of ether oxygens (including phenoxy) is 1. The van der Waals surface area contributed by atoms with Crippen LogP contribution in [0.15, 0.2) is 12.1 Å². The van der Waals surface area contributed by atoms with E-state index < -0.39 is 11.7 Å². The van der Waals surface area contributed by atoms with Gasteiger partial charge in [0.05, 0.1) is 16.3 Å². The Morgan fingerprint density at radius 2 is 2.00 bits per heavy atom. The maximum Gasteiger partial charge on any atom is 0.412 e. The van der Waals surface area contributed by atoms with E-state index in [4.69, 9.17) is 16.3 Å². The monoisotopic (exact) mass is 267 g/mol. The summed E-state index contributed by atoms with van der Waals surface area (Å²) in [6.07, 6.45) is 4.08. The van der Waals surface area contributed by atoms with E-state index in [0.29, 0.717) is 16.3 Å². The van der Waals surface area contributed by atoms with Crippen LogP contribution in [-0.4, -0.2) is 11.2 Å². The number of carbonyl (C=O) groups is 1. The van der Waals surface area contributed by atoms with Crippen LogP contribution in [0.4, 0.5) is 10.5 Å². The minimum atomic E-state index is -0.703. The van der Waals surface area contributed by atoms with Crippen LogP contribution in [0.25, 0.3) is 0 Å². The number of phenols is 1. The van der Waals surface area contributed by atoms with Crippen LogP contribution in [0.5, 0.6) is 5.75 Å². The average Bonchev–Trinajstić information content (AvgIpc) is 2.34. The molecule has 4 nitrogen and oxygen atoms in total. The number of hydrogen-bond donors (Lipinski definition) is 2. The van der Waals surface area contributed by atoms with Crippen LogP contribution in [0, 0.1) is 0 Å². The first kappa shape index (κ1) is 11.7. The van der Waals surface area contributed by atoms with Crippen LogP contribution >= 0.6 is 11.6 Å². The molecule has 0 saturated heterocycles. The second kappa shape index (κ2) is 4.05. The minimum Gasteiger partial charge on any atom is -0.507 e. The van der Waals surface area contributed by atoms with Crippen molar-refractivity contribution in [3.63, 3.8) is 0 Å². The topological polar surface area (TPSA) is 58.6 Å². The molecular weight excluding hydrogens is 254 g/mol. The molecule has 2 N–H and O–H groups in total. The molecule has 96 valence electrons. The minimum absolute atomic E-state index is 0.135. The van der Waals surface area contributed by atoms with Gasteiger partial charge in [-0.05, 0) is 37.8 Å². The van der Waals surface area contributed by atoms with Crippen molar-refractivity contribution < 1.29 is 14.6 Å². The molecule has 1 saturated carbocycles. The molecule has 0 bridgehead atoms. The van der Waals surface area contributed by atoms with Gasteiger partial charge in [-0.3, -0.25) is 5.32 Å². The summed E-state index contributed by atoms with van der Waals surface area (Å²) in [6.45, 7) is 0. The van der Waals surface area contributed by atoms with Crippen molar-refractivity contribution in [2.75, 3.05) is 5.32 Å². The second-order valence-electron chi connectivity index (χ2n) is 4.89. The largest absolute Gasteiger partial charge is 0.507 e. The SMILES string of the molecule is O=C1Nc2c(Cl)ccc(O)c2C2(CCCCC2)O1. The van der Waals surface area contributed by atoms with E-state index in [1.807, 2.05) is 0 Å². The van der Waals surface area contributed by atoms with Gasteiger partial charge in [0.1, 0.15) is 11.4 Å². The molecule has 5 heteroatoms. The van der Waals surface area contributed by atoms with Gasteiger partial charge in [0, 0.05) is 0 Å². The van der Waals surface area contributed by atoms with Gasteiger partial charge in [-0.1, -0.05) is 18.0 Å². The van der Waals surface area contributed by atoms with Gasteiger partial charge < -0.3 is 9.84 Å². The van der Waals surface area contributed by atoms with E-state index in [1.54, 1.807) is 12.1 Å². The highest BCUT2D eigenvalue weighted by atomic mass is 35.5. The molecule has 1 fully saturated rings. The zero-order chi connectivity index (χ0) is 12.8. The van der Waals surface area contributed by atoms with Gasteiger partial charge in [0.25, 0.3) is 0 Å². The van der Waals surface area contributed by atoms with Crippen molar-refractivity contribution >= 4 is 23.4 Å². The Hall–Kier alpha value is -1.42. The number of anilines is 1. The van der Waals surface area contributed by atoms with Gasteiger partial charge in [0.15, 0.2) is 0 Å². The molecule has 18 heavy (non-hydrogen) atoms. The van der Waals surface area contributed by atoms with Crippen molar-refractivity contribution in [2.24, 2.45) is 0 Å². The van der Waals surface area contributed by atoms with Gasteiger partial charge >= 0.3 is 6.09 Å². The zero-order valence-corrected chi connectivity index (χ0v) is 10.6. The Bertz CT molecular complexity index is 509. The molecule has 0 radical (unpaired) electrons. The molecule has 1 aromatic carbocycles. The highest BCUT2D eigenvalue weighted by molar-refractivity contribution is 6.34. The lowest BCUT2D eigenvalue weighted by molar-refractivity contribution is -0.0194. The Kier molecular flexibility index (Phi) is 2.63. The molecule has 1 amide bonds. The van der Waals surface area contributed by atoms with Crippen molar-refractivity contribution in [3.05, 3.63) is 22.7 Å². The fourth-order valence-corrected chi connectivity index (χ4v) is 3.19. The number of phenolic OH excluding ortho intramolecular Hbond substituents is 1. The van der Waals surface area contributed by atoms with E-state index in [2.05, 4.69) is 5.32 Å². The van der Waals surface area contributed by atoms with Crippen molar-refractivity contribution in [1.82, 2.24) is 0 Å². The van der Waals surface area contributed by atoms with Gasteiger partial charge in [-0.2, -0.15) is 0 Å². The van der Waals surface area contributed by atoms with Crippen molar-refractivity contribution in [1.29, 1.82) is 0 Å². The fourth-order valence-electron chi connectivity index (χ4n) is 2.98. The standard InChI is InChI=1S/C13H14ClNO3/c14-8-4-5-9(16)10-11(8)15-12(17)18-13(10)6-2-1-3-7-13/h4-5,16H,1-3,6-7H2,(H,15,17). The third kappa shape index (κ3) is 1.63. The number of halogens is 1. The molecular formula is C13H14ClNO3. The highest BCUT2D eigenvalue weighted by Gasteiger charge is 2.45. The van der Waals surface area contributed by atoms with Gasteiger partial charge in [0.2, 0.25) is 0 Å². The van der Waals surface area contributed by atoms with Crippen LogP contribution in [-0.2, 0) is 10.3 Å². The summed E-state index contributed by atoms with van der Waals surface area (Å²) in [4.78, 5) is 11.7. The van der Waals surface area contributed by atoms with E-state index in [9.17, 15) is 9.90 Å². The molecule has 0 unspecified atom stereocenters. The first-order chi connectivity index (χ1) is 8.62. The highest BCUT2D eigenvalue weighted by Crippen LogP contribution is 2.51. The predicted molar refractivity (Wildman–Crippen MR) is 68.0 cm³/mol. The average molecular weight is 268 g/mol. The summed E-state index contributed by atoms with van der Waals surface area (Å²) in [7, 11) is 0. The molecule has 0 aromatic heterocycles. The maximum absolute atomic E-state index is 11.7. The number of nitrogens with one attached hydrogen (secondary N) is 1. The smallest absolute Gasteiger partial charge is 0.412 e. The van der Waals surface area contributed by atoms with E-state index in [-0.39, 0.29) is 5.75 Å². The lowest BCUT2D eigenvalue weighted by atomic mass is 9.77. The number of hydrogen-bond acceptors (Lipinski definition) is 3. The molecule has 1 aliphatic heterocycles. The third-order valence-electron chi connectivity index (χ3n) is 3.76. The van der Waals surface area contributed by atoms with Crippen LogP contribution < -0.4 is 5.32 Å². The number of carbonyl (C=O) groups excluding carboxylic acids is 1. The zero-order valence-electron chi connectivity index (χ0n) is 9.83. The predicted octanol–water partition coefficient (Wildman–Crippen LogP) is 3.77. The molecule has 1 heterocycles.